The monoisotopic (exact) mass is 151 g/mol. The first kappa shape index (κ1) is 10.8. The molecule has 0 rings (SSSR count). The van der Waals surface area contributed by atoms with E-state index in [1.807, 2.05) is 0 Å². The van der Waals surface area contributed by atoms with Crippen molar-refractivity contribution in [3.05, 3.63) is 12.2 Å². The standard InChI is InChI=1S/C10H20B/c1-3-5-7-8-10-11-9-6-4-2/h5,7H,3-4,6,8-10H2,1-2H3. The third-order valence-corrected chi connectivity index (χ3v) is 1.70. The van der Waals surface area contributed by atoms with Gasteiger partial charge in [0.05, 0.1) is 0 Å². The van der Waals surface area contributed by atoms with E-state index in [0.717, 1.165) is 0 Å². The molecule has 0 nitrogen and oxygen atoms in total. The van der Waals surface area contributed by atoms with Crippen molar-refractivity contribution in [1.29, 1.82) is 0 Å². The Bertz CT molecular complexity index is 86.9. The molecule has 0 heterocycles. The molecule has 63 valence electrons. The lowest BCUT2D eigenvalue weighted by Gasteiger charge is -1.93. The van der Waals surface area contributed by atoms with Crippen molar-refractivity contribution in [2.24, 2.45) is 0 Å². The van der Waals surface area contributed by atoms with Gasteiger partial charge in [-0.1, -0.05) is 51.5 Å². The van der Waals surface area contributed by atoms with Gasteiger partial charge in [0.1, 0.15) is 7.28 Å². The topological polar surface area (TPSA) is 0 Å². The first-order chi connectivity index (χ1) is 5.41. The quantitative estimate of drug-likeness (QED) is 0.295. The van der Waals surface area contributed by atoms with Crippen molar-refractivity contribution in [2.75, 3.05) is 0 Å². The molecule has 0 N–H and O–H groups in total. The Morgan fingerprint density at radius 2 is 1.91 bits per heavy atom. The highest BCUT2D eigenvalue weighted by atomic mass is 13.8. The normalized spacial score (nSPS) is 10.7. The maximum Gasteiger partial charge on any atom is 0.109 e. The summed E-state index contributed by atoms with van der Waals surface area (Å²) in [5, 5.41) is 0. The van der Waals surface area contributed by atoms with Crippen LogP contribution in [0.3, 0.4) is 0 Å². The van der Waals surface area contributed by atoms with Crippen LogP contribution < -0.4 is 0 Å². The van der Waals surface area contributed by atoms with Crippen LogP contribution in [0.15, 0.2) is 12.2 Å². The molecule has 0 aliphatic carbocycles. The van der Waals surface area contributed by atoms with E-state index < -0.39 is 0 Å². The minimum atomic E-state index is 1.18. The van der Waals surface area contributed by atoms with Gasteiger partial charge in [0, 0.05) is 0 Å². The Balaban J connectivity index is 2.85. The molecular formula is C10H20B. The van der Waals surface area contributed by atoms with Crippen molar-refractivity contribution in [3.8, 4) is 0 Å². The highest BCUT2D eigenvalue weighted by Gasteiger charge is 1.87. The molecule has 1 radical (unpaired) electrons. The summed E-state index contributed by atoms with van der Waals surface area (Å²) in [4.78, 5) is 0. The zero-order valence-corrected chi connectivity index (χ0v) is 7.97. The van der Waals surface area contributed by atoms with Crippen molar-refractivity contribution in [1.82, 2.24) is 0 Å². The fraction of sp³-hybridized carbons (Fsp3) is 0.800. The van der Waals surface area contributed by atoms with Crippen LogP contribution in [0.1, 0.15) is 39.5 Å². The maximum absolute atomic E-state index is 2.41. The second-order valence-electron chi connectivity index (χ2n) is 2.89. The molecule has 0 aromatic rings. The van der Waals surface area contributed by atoms with Crippen LogP contribution in [0.4, 0.5) is 0 Å². The Morgan fingerprint density at radius 1 is 1.09 bits per heavy atom. The largest absolute Gasteiger partial charge is 0.109 e. The van der Waals surface area contributed by atoms with Crippen molar-refractivity contribution < 1.29 is 0 Å². The second-order valence-corrected chi connectivity index (χ2v) is 2.89. The lowest BCUT2D eigenvalue weighted by Crippen LogP contribution is -1.86. The number of unbranched alkanes of at least 4 members (excludes halogenated alkanes) is 1. The molecule has 0 bridgehead atoms. The summed E-state index contributed by atoms with van der Waals surface area (Å²) in [6.45, 7) is 4.42. The molecule has 0 aliphatic heterocycles. The summed E-state index contributed by atoms with van der Waals surface area (Å²) in [7, 11) is 2.41. The summed E-state index contributed by atoms with van der Waals surface area (Å²) in [5.74, 6) is 0. The molecule has 0 spiro atoms. The van der Waals surface area contributed by atoms with Crippen LogP contribution in [0.5, 0.6) is 0 Å². The van der Waals surface area contributed by atoms with Crippen LogP contribution in [0.25, 0.3) is 0 Å². The SMILES string of the molecule is CCC=CCC[B]CCCC. The number of hydrogen-bond acceptors (Lipinski definition) is 0. The zero-order chi connectivity index (χ0) is 8.36. The van der Waals surface area contributed by atoms with Gasteiger partial charge >= 0.3 is 0 Å². The highest BCUT2D eigenvalue weighted by Crippen LogP contribution is 1.99. The van der Waals surface area contributed by atoms with Gasteiger partial charge in [-0.15, -0.1) is 0 Å². The molecule has 0 fully saturated rings. The second kappa shape index (κ2) is 9.80. The average molecular weight is 151 g/mol. The number of allylic oxidation sites excluding steroid dienone is 2. The Kier molecular flexibility index (Phi) is 9.63. The Labute approximate surface area is 72.3 Å². The molecule has 11 heavy (non-hydrogen) atoms. The van der Waals surface area contributed by atoms with Gasteiger partial charge < -0.3 is 0 Å². The average Bonchev–Trinajstić information content (AvgIpc) is 2.03. The highest BCUT2D eigenvalue weighted by molar-refractivity contribution is 6.35. The molecule has 1 heteroatoms. The van der Waals surface area contributed by atoms with Gasteiger partial charge in [-0.05, 0) is 12.8 Å². The van der Waals surface area contributed by atoms with E-state index in [4.69, 9.17) is 0 Å². The van der Waals surface area contributed by atoms with E-state index >= 15 is 0 Å². The summed E-state index contributed by atoms with van der Waals surface area (Å²) in [6.07, 6.45) is 12.2. The van der Waals surface area contributed by atoms with Crippen LogP contribution in [-0.2, 0) is 0 Å². The Hall–Kier alpha value is -0.195. The summed E-state index contributed by atoms with van der Waals surface area (Å²) in [5.41, 5.74) is 0. The molecule has 0 amide bonds. The van der Waals surface area contributed by atoms with E-state index in [0.29, 0.717) is 0 Å². The molecule has 0 saturated carbocycles. The molecule has 0 atom stereocenters. The van der Waals surface area contributed by atoms with E-state index in [9.17, 15) is 0 Å². The molecule has 0 aromatic carbocycles. The van der Waals surface area contributed by atoms with E-state index in [1.165, 1.54) is 38.3 Å². The van der Waals surface area contributed by atoms with Gasteiger partial charge in [0.2, 0.25) is 0 Å². The predicted molar refractivity (Wildman–Crippen MR) is 54.3 cm³/mol. The summed E-state index contributed by atoms with van der Waals surface area (Å²) in [6, 6.07) is 0. The summed E-state index contributed by atoms with van der Waals surface area (Å²) >= 11 is 0. The van der Waals surface area contributed by atoms with Gasteiger partial charge in [-0.2, -0.15) is 0 Å². The summed E-state index contributed by atoms with van der Waals surface area (Å²) < 4.78 is 0. The number of rotatable bonds is 7. The third-order valence-electron chi connectivity index (χ3n) is 1.70. The number of hydrogen-bond donors (Lipinski definition) is 0. The first-order valence-corrected chi connectivity index (χ1v) is 4.88. The molecule has 0 unspecified atom stereocenters. The zero-order valence-electron chi connectivity index (χ0n) is 7.97. The van der Waals surface area contributed by atoms with E-state index in [2.05, 4.69) is 33.3 Å². The fourth-order valence-electron chi connectivity index (χ4n) is 0.991. The predicted octanol–water partition coefficient (Wildman–Crippen LogP) is 3.68. The van der Waals surface area contributed by atoms with Gasteiger partial charge in [0.25, 0.3) is 0 Å². The van der Waals surface area contributed by atoms with Crippen molar-refractivity contribution >= 4 is 7.28 Å². The van der Waals surface area contributed by atoms with Crippen molar-refractivity contribution in [3.63, 3.8) is 0 Å². The lowest BCUT2D eigenvalue weighted by atomic mass is 9.69. The van der Waals surface area contributed by atoms with Gasteiger partial charge in [-0.25, -0.2) is 0 Å². The molecule has 0 aromatic heterocycles. The lowest BCUT2D eigenvalue weighted by molar-refractivity contribution is 0.876. The maximum atomic E-state index is 2.41. The minimum Gasteiger partial charge on any atom is -0.0893 e. The first-order valence-electron chi connectivity index (χ1n) is 4.88. The van der Waals surface area contributed by atoms with Crippen LogP contribution in [0, 0.1) is 0 Å². The molecular weight excluding hydrogens is 131 g/mol. The Morgan fingerprint density at radius 3 is 2.55 bits per heavy atom. The van der Waals surface area contributed by atoms with Crippen LogP contribution >= 0.6 is 0 Å². The van der Waals surface area contributed by atoms with E-state index in [-0.39, 0.29) is 0 Å². The van der Waals surface area contributed by atoms with Crippen LogP contribution in [0.2, 0.25) is 12.6 Å². The van der Waals surface area contributed by atoms with Gasteiger partial charge in [0.15, 0.2) is 0 Å². The van der Waals surface area contributed by atoms with Crippen molar-refractivity contribution in [2.45, 2.75) is 52.2 Å². The fourth-order valence-corrected chi connectivity index (χ4v) is 0.991. The van der Waals surface area contributed by atoms with E-state index in [1.54, 1.807) is 0 Å². The molecule has 0 aliphatic rings. The minimum absolute atomic E-state index is 1.18. The smallest absolute Gasteiger partial charge is 0.0893 e. The van der Waals surface area contributed by atoms with Crippen LogP contribution in [-0.4, -0.2) is 7.28 Å². The molecule has 0 saturated heterocycles. The van der Waals surface area contributed by atoms with Gasteiger partial charge in [-0.3, -0.25) is 0 Å². The third kappa shape index (κ3) is 9.80.